The van der Waals surface area contributed by atoms with Crippen LogP contribution in [-0.4, -0.2) is 44.7 Å². The largest absolute Gasteiger partial charge is 0.481 e. The number of carbonyl (C=O) groups is 2. The summed E-state index contributed by atoms with van der Waals surface area (Å²) in [5.41, 5.74) is 1.62. The van der Waals surface area contributed by atoms with E-state index in [0.717, 1.165) is 29.4 Å². The quantitative estimate of drug-likeness (QED) is 0.852. The normalized spacial score (nSPS) is 15.7. The van der Waals surface area contributed by atoms with E-state index in [2.05, 4.69) is 10.2 Å². The number of nitrogens with zero attached hydrogens (tertiary/aromatic N) is 2. The van der Waals surface area contributed by atoms with Crippen molar-refractivity contribution >= 4 is 22.8 Å². The van der Waals surface area contributed by atoms with Gasteiger partial charge in [-0.1, -0.05) is 25.1 Å². The molecular formula is C16H19N3O3. The van der Waals surface area contributed by atoms with Crippen molar-refractivity contribution in [2.24, 2.45) is 5.92 Å². The van der Waals surface area contributed by atoms with Crippen molar-refractivity contribution in [3.05, 3.63) is 30.0 Å². The number of carboxylic acid groups (broad SMARTS) is 1. The summed E-state index contributed by atoms with van der Waals surface area (Å²) in [6.45, 7) is 1.90. The fraction of sp³-hybridized carbons (Fsp3) is 0.438. The molecule has 1 atom stereocenters. The molecule has 116 valence electrons. The summed E-state index contributed by atoms with van der Waals surface area (Å²) < 4.78 is 0. The van der Waals surface area contributed by atoms with Crippen molar-refractivity contribution < 1.29 is 14.7 Å². The number of hydrogen-bond acceptors (Lipinski definition) is 3. The molecule has 1 aromatic carbocycles. The monoisotopic (exact) mass is 301 g/mol. The molecule has 1 aliphatic carbocycles. The summed E-state index contributed by atoms with van der Waals surface area (Å²) in [6.07, 6.45) is 2.15. The minimum atomic E-state index is -0.870. The Bertz CT molecular complexity index is 705. The Kier molecular flexibility index (Phi) is 3.83. The zero-order valence-electron chi connectivity index (χ0n) is 12.5. The number of para-hydroxylation sites is 1. The van der Waals surface area contributed by atoms with E-state index < -0.39 is 11.9 Å². The fourth-order valence-corrected chi connectivity index (χ4v) is 2.62. The third-order valence-corrected chi connectivity index (χ3v) is 4.07. The maximum atomic E-state index is 12.6. The topological polar surface area (TPSA) is 86.3 Å². The van der Waals surface area contributed by atoms with Gasteiger partial charge in [-0.25, -0.2) is 0 Å². The summed E-state index contributed by atoms with van der Waals surface area (Å²) in [5, 5.41) is 17.1. The highest BCUT2D eigenvalue weighted by Gasteiger charge is 2.34. The van der Waals surface area contributed by atoms with Crippen LogP contribution < -0.4 is 0 Å². The number of fused-ring (bicyclic) bond motifs is 1. The van der Waals surface area contributed by atoms with Gasteiger partial charge in [0.2, 0.25) is 5.91 Å². The molecule has 6 nitrogen and oxygen atoms in total. The molecule has 1 saturated carbocycles. The van der Waals surface area contributed by atoms with Gasteiger partial charge < -0.3 is 10.0 Å². The number of aromatic amines is 1. The van der Waals surface area contributed by atoms with Gasteiger partial charge in [0.15, 0.2) is 0 Å². The minimum absolute atomic E-state index is 0.0370. The molecule has 0 saturated heterocycles. The van der Waals surface area contributed by atoms with E-state index in [1.807, 2.05) is 24.3 Å². The molecule has 0 spiro atoms. The number of aromatic nitrogens is 2. The molecule has 1 heterocycles. The number of rotatable bonds is 6. The Morgan fingerprint density at radius 1 is 1.41 bits per heavy atom. The second kappa shape index (κ2) is 5.79. The Hall–Kier alpha value is -2.37. The molecule has 0 bridgehead atoms. The number of H-pyrrole nitrogens is 1. The molecular weight excluding hydrogens is 282 g/mol. The number of carboxylic acids is 1. The number of benzene rings is 1. The van der Waals surface area contributed by atoms with Gasteiger partial charge in [0.1, 0.15) is 0 Å². The van der Waals surface area contributed by atoms with Gasteiger partial charge in [0.05, 0.1) is 23.5 Å². The van der Waals surface area contributed by atoms with Gasteiger partial charge in [-0.3, -0.25) is 14.7 Å². The summed E-state index contributed by atoms with van der Waals surface area (Å²) in [7, 11) is 0. The molecule has 6 heteroatoms. The van der Waals surface area contributed by atoms with Crippen LogP contribution in [0.15, 0.2) is 24.3 Å². The number of hydrogen-bond donors (Lipinski definition) is 2. The first kappa shape index (κ1) is 14.6. The van der Waals surface area contributed by atoms with E-state index in [9.17, 15) is 9.59 Å². The van der Waals surface area contributed by atoms with Gasteiger partial charge in [0.25, 0.3) is 0 Å². The highest BCUT2D eigenvalue weighted by Crippen LogP contribution is 2.28. The number of aliphatic carboxylic acids is 1. The van der Waals surface area contributed by atoms with Crippen molar-refractivity contribution in [2.75, 3.05) is 6.54 Å². The Morgan fingerprint density at radius 3 is 2.82 bits per heavy atom. The van der Waals surface area contributed by atoms with Crippen LogP contribution in [0, 0.1) is 5.92 Å². The van der Waals surface area contributed by atoms with Crippen molar-refractivity contribution in [2.45, 2.75) is 32.2 Å². The molecule has 1 aromatic heterocycles. The molecule has 2 aromatic rings. The molecule has 0 radical (unpaired) electrons. The van der Waals surface area contributed by atoms with Crippen LogP contribution >= 0.6 is 0 Å². The predicted molar refractivity (Wildman–Crippen MR) is 81.3 cm³/mol. The van der Waals surface area contributed by atoms with Crippen LogP contribution in [0.2, 0.25) is 0 Å². The Labute approximate surface area is 128 Å². The van der Waals surface area contributed by atoms with Crippen LogP contribution in [0.3, 0.4) is 0 Å². The number of nitrogens with one attached hydrogen (secondary N) is 1. The van der Waals surface area contributed by atoms with Crippen LogP contribution in [0.5, 0.6) is 0 Å². The maximum absolute atomic E-state index is 12.6. The highest BCUT2D eigenvalue weighted by atomic mass is 16.4. The second-order valence-electron chi connectivity index (χ2n) is 5.91. The Balaban J connectivity index is 1.75. The molecule has 22 heavy (non-hydrogen) atoms. The van der Waals surface area contributed by atoms with Gasteiger partial charge in [0, 0.05) is 18.0 Å². The first-order valence-corrected chi connectivity index (χ1v) is 7.50. The molecule has 1 aliphatic rings. The third kappa shape index (κ3) is 2.95. The van der Waals surface area contributed by atoms with E-state index in [1.165, 1.54) is 0 Å². The summed E-state index contributed by atoms with van der Waals surface area (Å²) in [6, 6.07) is 7.84. The van der Waals surface area contributed by atoms with Crippen molar-refractivity contribution in [3.8, 4) is 0 Å². The van der Waals surface area contributed by atoms with Crippen molar-refractivity contribution in [3.63, 3.8) is 0 Å². The zero-order valence-corrected chi connectivity index (χ0v) is 12.5. The van der Waals surface area contributed by atoms with E-state index in [0.29, 0.717) is 0 Å². The molecule has 1 amide bonds. The van der Waals surface area contributed by atoms with E-state index in [-0.39, 0.29) is 24.9 Å². The third-order valence-electron chi connectivity index (χ3n) is 4.07. The van der Waals surface area contributed by atoms with E-state index >= 15 is 0 Å². The molecule has 1 fully saturated rings. The molecule has 3 rings (SSSR count). The van der Waals surface area contributed by atoms with Gasteiger partial charge in [-0.2, -0.15) is 5.10 Å². The summed E-state index contributed by atoms with van der Waals surface area (Å²) in [4.78, 5) is 25.3. The van der Waals surface area contributed by atoms with E-state index in [1.54, 1.807) is 11.8 Å². The van der Waals surface area contributed by atoms with Crippen LogP contribution in [-0.2, 0) is 16.0 Å². The first-order valence-electron chi connectivity index (χ1n) is 7.50. The van der Waals surface area contributed by atoms with Gasteiger partial charge in [-0.15, -0.1) is 0 Å². The average molecular weight is 301 g/mol. The number of amides is 1. The SMILES string of the molecule is CC(CN(C(=O)Cc1[nH]nc2ccccc12)C1CC1)C(=O)O. The zero-order chi connectivity index (χ0) is 15.7. The van der Waals surface area contributed by atoms with Crippen molar-refractivity contribution in [1.29, 1.82) is 0 Å². The Morgan fingerprint density at radius 2 is 2.14 bits per heavy atom. The second-order valence-corrected chi connectivity index (χ2v) is 5.91. The lowest BCUT2D eigenvalue weighted by Crippen LogP contribution is -2.39. The maximum Gasteiger partial charge on any atom is 0.308 e. The predicted octanol–water partition coefficient (Wildman–Crippen LogP) is 1.82. The smallest absolute Gasteiger partial charge is 0.308 e. The lowest BCUT2D eigenvalue weighted by atomic mass is 10.1. The van der Waals surface area contributed by atoms with Crippen LogP contribution in [0.25, 0.3) is 10.9 Å². The number of carbonyl (C=O) groups excluding carboxylic acids is 1. The fourth-order valence-electron chi connectivity index (χ4n) is 2.62. The average Bonchev–Trinajstić information content (AvgIpc) is 3.26. The summed E-state index contributed by atoms with van der Waals surface area (Å²) >= 11 is 0. The van der Waals surface area contributed by atoms with E-state index in [4.69, 9.17) is 5.11 Å². The minimum Gasteiger partial charge on any atom is -0.481 e. The first-order chi connectivity index (χ1) is 10.6. The lowest BCUT2D eigenvalue weighted by Gasteiger charge is -2.24. The van der Waals surface area contributed by atoms with Gasteiger partial charge in [-0.05, 0) is 18.9 Å². The van der Waals surface area contributed by atoms with Crippen LogP contribution in [0.4, 0.5) is 0 Å². The van der Waals surface area contributed by atoms with Gasteiger partial charge >= 0.3 is 5.97 Å². The molecule has 1 unspecified atom stereocenters. The standard InChI is InChI=1S/C16H19N3O3/c1-10(16(21)22)9-19(11-6-7-11)15(20)8-14-12-4-2-3-5-13(12)17-18-14/h2-5,10-11H,6-9H2,1H3,(H,17,18)(H,21,22). The van der Waals surface area contributed by atoms with Crippen molar-refractivity contribution in [1.82, 2.24) is 15.1 Å². The summed E-state index contributed by atoms with van der Waals surface area (Å²) in [5.74, 6) is -1.46. The molecule has 2 N–H and O–H groups in total. The van der Waals surface area contributed by atoms with Crippen LogP contribution in [0.1, 0.15) is 25.5 Å². The lowest BCUT2D eigenvalue weighted by molar-refractivity contribution is -0.143. The molecule has 0 aliphatic heterocycles. The highest BCUT2D eigenvalue weighted by molar-refractivity contribution is 5.87.